The van der Waals surface area contributed by atoms with Gasteiger partial charge in [-0.1, -0.05) is 0 Å². The number of hydrogen-bond donors (Lipinski definition) is 3. The molecule has 54 valence electrons. The van der Waals surface area contributed by atoms with Crippen LogP contribution in [-0.4, -0.2) is 21.9 Å². The number of aliphatic carboxylic acids is 1. The third-order valence-corrected chi connectivity index (χ3v) is 1.12. The summed E-state index contributed by atoms with van der Waals surface area (Å²) in [5.41, 5.74) is 5.20. The van der Waals surface area contributed by atoms with Gasteiger partial charge in [-0.15, -0.1) is 0 Å². The van der Waals surface area contributed by atoms with Gasteiger partial charge < -0.3 is 10.8 Å². The van der Waals surface area contributed by atoms with Crippen molar-refractivity contribution in [1.29, 1.82) is 0 Å². The van der Waals surface area contributed by atoms with Gasteiger partial charge >= 0.3 is 5.97 Å². The first-order chi connectivity index (χ1) is 4.98. The molecule has 0 rings (SSSR count). The minimum Gasteiger partial charge on any atom is -0.480 e. The predicted molar refractivity (Wildman–Crippen MR) is 38.7 cm³/mol. The van der Waals surface area contributed by atoms with Crippen LogP contribution in [0.25, 0.3) is 0 Å². The molecule has 0 aliphatic rings. The standard InChI is InChI=1S/C5H11NO2S/c1-5(2,9)3(6)4(7)8/h3,9H,6H2,1-2H3,(H,7,8)/t3-/m1/s1/i1D,2D. The molecule has 0 saturated heterocycles. The van der Waals surface area contributed by atoms with Crippen molar-refractivity contribution in [2.24, 2.45) is 5.73 Å². The fraction of sp³-hybridized carbons (Fsp3) is 0.800. The van der Waals surface area contributed by atoms with Crippen molar-refractivity contribution >= 4 is 18.6 Å². The smallest absolute Gasteiger partial charge is 0.321 e. The van der Waals surface area contributed by atoms with E-state index < -0.39 is 16.8 Å². The molecule has 0 aliphatic heterocycles. The Bertz CT molecular complexity index is 151. The largest absolute Gasteiger partial charge is 0.480 e. The van der Waals surface area contributed by atoms with Crippen molar-refractivity contribution in [3.8, 4) is 0 Å². The minimum atomic E-state index is -1.25. The summed E-state index contributed by atoms with van der Waals surface area (Å²) < 4.78 is 12.7. The molecule has 0 aromatic heterocycles. The zero-order valence-electron chi connectivity index (χ0n) is 6.87. The van der Waals surface area contributed by atoms with Crippen LogP contribution in [0.3, 0.4) is 0 Å². The van der Waals surface area contributed by atoms with Crippen LogP contribution in [0.15, 0.2) is 0 Å². The minimum absolute atomic E-state index is 0.271. The molecule has 0 spiro atoms. The number of carboxylic acids is 1. The molecule has 0 amide bonds. The van der Waals surface area contributed by atoms with E-state index >= 15 is 0 Å². The second-order valence-electron chi connectivity index (χ2n) is 1.92. The van der Waals surface area contributed by atoms with Gasteiger partial charge in [0, 0.05) is 7.49 Å². The summed E-state index contributed by atoms with van der Waals surface area (Å²) in [5.74, 6) is -1.22. The molecule has 1 atom stereocenters. The second-order valence-corrected chi connectivity index (χ2v) is 2.81. The number of carboxylic acid groups (broad SMARTS) is 1. The first kappa shape index (κ1) is 5.56. The second kappa shape index (κ2) is 2.58. The quantitative estimate of drug-likeness (QED) is 0.491. The zero-order valence-corrected chi connectivity index (χ0v) is 5.77. The Labute approximate surface area is 62.5 Å². The third-order valence-electron chi connectivity index (χ3n) is 0.845. The Morgan fingerprint density at radius 1 is 2.00 bits per heavy atom. The highest BCUT2D eigenvalue weighted by atomic mass is 32.1. The van der Waals surface area contributed by atoms with Crippen LogP contribution in [0.5, 0.6) is 0 Å². The Kier molecular flexibility index (Phi) is 1.59. The van der Waals surface area contributed by atoms with Crippen molar-refractivity contribution < 1.29 is 12.6 Å². The van der Waals surface area contributed by atoms with Crippen LogP contribution in [0.2, 0.25) is 0 Å². The monoisotopic (exact) mass is 151 g/mol. The van der Waals surface area contributed by atoms with E-state index in [4.69, 9.17) is 13.6 Å². The molecule has 0 bridgehead atoms. The number of hydrogen-bond acceptors (Lipinski definition) is 3. The van der Waals surface area contributed by atoms with E-state index in [-0.39, 0.29) is 13.8 Å². The van der Waals surface area contributed by atoms with Crippen molar-refractivity contribution in [2.45, 2.75) is 24.6 Å². The zero-order chi connectivity index (χ0) is 9.07. The topological polar surface area (TPSA) is 63.3 Å². The van der Waals surface area contributed by atoms with Crippen LogP contribution in [0.1, 0.15) is 16.5 Å². The van der Waals surface area contributed by atoms with Crippen LogP contribution in [0.4, 0.5) is 0 Å². The molecule has 9 heavy (non-hydrogen) atoms. The number of nitrogens with two attached hydrogens (primary N) is 1. The SMILES string of the molecule is [2H]CC(S)(C[2H])[C@H](N)C(=O)O. The molecule has 0 aromatic rings. The van der Waals surface area contributed by atoms with Gasteiger partial charge in [0.1, 0.15) is 6.04 Å². The van der Waals surface area contributed by atoms with E-state index in [9.17, 15) is 4.79 Å². The lowest BCUT2D eigenvalue weighted by Gasteiger charge is -2.21. The van der Waals surface area contributed by atoms with Gasteiger partial charge in [-0.2, -0.15) is 12.6 Å². The highest BCUT2D eigenvalue weighted by Gasteiger charge is 2.27. The summed E-state index contributed by atoms with van der Waals surface area (Å²) in [4.78, 5) is 10.3. The molecule has 3 nitrogen and oxygen atoms in total. The van der Waals surface area contributed by atoms with Crippen LogP contribution >= 0.6 is 12.6 Å². The lowest BCUT2D eigenvalue weighted by molar-refractivity contribution is -0.139. The highest BCUT2D eigenvalue weighted by molar-refractivity contribution is 7.81. The lowest BCUT2D eigenvalue weighted by Crippen LogP contribution is -2.45. The van der Waals surface area contributed by atoms with Gasteiger partial charge in [-0.05, 0) is 13.8 Å². The lowest BCUT2D eigenvalue weighted by atomic mass is 10.1. The summed E-state index contributed by atoms with van der Waals surface area (Å²) in [5, 5.41) is 8.44. The van der Waals surface area contributed by atoms with E-state index in [0.717, 1.165) is 0 Å². The van der Waals surface area contributed by atoms with E-state index in [1.165, 1.54) is 0 Å². The van der Waals surface area contributed by atoms with Crippen LogP contribution in [-0.2, 0) is 4.79 Å². The summed E-state index contributed by atoms with van der Waals surface area (Å²) >= 11 is 3.87. The first-order valence-corrected chi connectivity index (χ1v) is 2.72. The van der Waals surface area contributed by atoms with Gasteiger partial charge in [-0.3, -0.25) is 4.79 Å². The fourth-order valence-corrected chi connectivity index (χ4v) is 0.340. The summed E-state index contributed by atoms with van der Waals surface area (Å²) in [7, 11) is 0. The van der Waals surface area contributed by atoms with E-state index in [0.29, 0.717) is 0 Å². The molecule has 0 aliphatic carbocycles. The molecular formula is C5H11NO2S. The Hall–Kier alpha value is -0.220. The van der Waals surface area contributed by atoms with Gasteiger partial charge in [0.15, 0.2) is 0 Å². The molecule has 0 radical (unpaired) electrons. The molecule has 3 N–H and O–H groups in total. The average molecular weight is 151 g/mol. The van der Waals surface area contributed by atoms with Crippen molar-refractivity contribution in [3.05, 3.63) is 0 Å². The normalized spacial score (nSPS) is 18.0. The van der Waals surface area contributed by atoms with Crippen LogP contribution < -0.4 is 5.73 Å². The average Bonchev–Trinajstić information content (AvgIpc) is 2.01. The summed E-state index contributed by atoms with van der Waals surface area (Å²) in [6.07, 6.45) is 0. The predicted octanol–water partition coefficient (Wildman–Crippen LogP) is 0.107. The van der Waals surface area contributed by atoms with Gasteiger partial charge in [0.2, 0.25) is 0 Å². The van der Waals surface area contributed by atoms with Gasteiger partial charge in [-0.25, -0.2) is 0 Å². The van der Waals surface area contributed by atoms with E-state index in [1.54, 1.807) is 0 Å². The fourth-order valence-electron chi connectivity index (χ4n) is 0.230. The van der Waals surface area contributed by atoms with Crippen molar-refractivity contribution in [2.75, 3.05) is 0 Å². The molecule has 0 fully saturated rings. The third kappa shape index (κ3) is 2.72. The molecular weight excluding hydrogens is 138 g/mol. The number of thiol groups is 1. The summed E-state index contributed by atoms with van der Waals surface area (Å²) in [6, 6.07) is -1.25. The molecule has 0 aromatic carbocycles. The highest BCUT2D eigenvalue weighted by Crippen LogP contribution is 2.15. The number of carbonyl (C=O) groups is 1. The van der Waals surface area contributed by atoms with Gasteiger partial charge in [0.05, 0.1) is 0 Å². The molecule has 0 unspecified atom stereocenters. The van der Waals surface area contributed by atoms with E-state index in [2.05, 4.69) is 12.6 Å². The Morgan fingerprint density at radius 2 is 2.44 bits per heavy atom. The first-order valence-electron chi connectivity index (χ1n) is 3.68. The van der Waals surface area contributed by atoms with Crippen LogP contribution in [0, 0.1) is 0 Å². The maximum atomic E-state index is 10.3. The molecule has 0 saturated carbocycles. The molecule has 4 heteroatoms. The van der Waals surface area contributed by atoms with Crippen molar-refractivity contribution in [1.82, 2.24) is 0 Å². The summed E-state index contributed by atoms with van der Waals surface area (Å²) in [6.45, 7) is -0.542. The maximum absolute atomic E-state index is 10.3. The van der Waals surface area contributed by atoms with Crippen molar-refractivity contribution in [3.63, 3.8) is 0 Å². The van der Waals surface area contributed by atoms with E-state index in [1.807, 2.05) is 0 Å². The number of rotatable bonds is 2. The Balaban J connectivity index is 4.36. The molecule has 0 heterocycles. The van der Waals surface area contributed by atoms with Gasteiger partial charge in [0.25, 0.3) is 0 Å². The maximum Gasteiger partial charge on any atom is 0.321 e. The Morgan fingerprint density at radius 3 is 2.56 bits per heavy atom.